The molecule has 2 aromatic rings. The quantitative estimate of drug-likeness (QED) is 0.853. The van der Waals surface area contributed by atoms with Gasteiger partial charge < -0.3 is 5.32 Å². The summed E-state index contributed by atoms with van der Waals surface area (Å²) in [6.07, 6.45) is 1.55. The number of nitrogens with zero attached hydrogens (tertiary/aromatic N) is 1. The van der Waals surface area contributed by atoms with Crippen LogP contribution in [0.4, 0.5) is 16.3 Å². The van der Waals surface area contributed by atoms with Crippen LogP contribution in [-0.2, 0) is 9.05 Å². The van der Waals surface area contributed by atoms with Crippen LogP contribution in [0.15, 0.2) is 53.6 Å². The molecule has 1 heterocycles. The van der Waals surface area contributed by atoms with Gasteiger partial charge >= 0.3 is 6.03 Å². The highest BCUT2D eigenvalue weighted by molar-refractivity contribution is 8.13. The first-order chi connectivity index (χ1) is 9.45. The maximum atomic E-state index is 11.7. The van der Waals surface area contributed by atoms with Crippen molar-refractivity contribution in [1.29, 1.82) is 0 Å². The summed E-state index contributed by atoms with van der Waals surface area (Å²) in [4.78, 5) is 15.6. The maximum absolute atomic E-state index is 11.7. The molecule has 0 aliphatic carbocycles. The van der Waals surface area contributed by atoms with E-state index in [1.165, 1.54) is 24.3 Å². The van der Waals surface area contributed by atoms with Crippen molar-refractivity contribution in [3.8, 4) is 0 Å². The fourth-order valence-corrected chi connectivity index (χ4v) is 2.19. The van der Waals surface area contributed by atoms with Crippen molar-refractivity contribution in [1.82, 2.24) is 4.98 Å². The average Bonchev–Trinajstić information content (AvgIpc) is 2.39. The highest BCUT2D eigenvalue weighted by Gasteiger charge is 2.09. The first-order valence-electron chi connectivity index (χ1n) is 5.49. The lowest BCUT2D eigenvalue weighted by Gasteiger charge is -2.07. The van der Waals surface area contributed by atoms with Crippen LogP contribution in [0.2, 0.25) is 0 Å². The van der Waals surface area contributed by atoms with Crippen LogP contribution < -0.4 is 10.6 Å². The van der Waals surface area contributed by atoms with Gasteiger partial charge in [0.25, 0.3) is 9.05 Å². The topological polar surface area (TPSA) is 88.2 Å². The zero-order chi connectivity index (χ0) is 14.6. The minimum absolute atomic E-state index is 0.0325. The number of amides is 2. The molecule has 2 rings (SSSR count). The van der Waals surface area contributed by atoms with E-state index in [1.807, 2.05) is 0 Å². The predicted octanol–water partition coefficient (Wildman–Crippen LogP) is 2.65. The van der Waals surface area contributed by atoms with Gasteiger partial charge in [0.15, 0.2) is 0 Å². The van der Waals surface area contributed by atoms with Crippen molar-refractivity contribution in [2.45, 2.75) is 4.90 Å². The largest absolute Gasteiger partial charge is 0.324 e. The van der Waals surface area contributed by atoms with Crippen LogP contribution in [-0.4, -0.2) is 19.4 Å². The Hall–Kier alpha value is -2.12. The number of nitrogens with one attached hydrogen (secondary N) is 2. The number of carbonyl (C=O) groups is 1. The molecule has 0 atom stereocenters. The van der Waals surface area contributed by atoms with Gasteiger partial charge in [0.05, 0.1) is 4.90 Å². The first kappa shape index (κ1) is 14.3. The van der Waals surface area contributed by atoms with Crippen LogP contribution in [0, 0.1) is 0 Å². The number of carbonyl (C=O) groups excluding carboxylic acids is 1. The molecule has 0 saturated carbocycles. The molecule has 2 N–H and O–H groups in total. The van der Waals surface area contributed by atoms with Crippen molar-refractivity contribution < 1.29 is 13.2 Å². The second kappa shape index (κ2) is 5.89. The van der Waals surface area contributed by atoms with Crippen molar-refractivity contribution in [3.05, 3.63) is 48.7 Å². The van der Waals surface area contributed by atoms with Gasteiger partial charge in [-0.2, -0.15) is 0 Å². The molecule has 0 radical (unpaired) electrons. The number of anilines is 2. The lowest BCUT2D eigenvalue weighted by Crippen LogP contribution is -2.19. The number of pyridine rings is 1. The Balaban J connectivity index is 2.02. The number of rotatable bonds is 3. The molecule has 1 aromatic carbocycles. The lowest BCUT2D eigenvalue weighted by atomic mass is 10.3. The zero-order valence-corrected chi connectivity index (χ0v) is 11.6. The van der Waals surface area contributed by atoms with Crippen molar-refractivity contribution in [3.63, 3.8) is 0 Å². The monoisotopic (exact) mass is 311 g/mol. The minimum Gasteiger partial charge on any atom is -0.308 e. The van der Waals surface area contributed by atoms with E-state index in [9.17, 15) is 13.2 Å². The summed E-state index contributed by atoms with van der Waals surface area (Å²) in [5.41, 5.74) is 0.433. The van der Waals surface area contributed by atoms with Gasteiger partial charge in [-0.15, -0.1) is 0 Å². The molecular weight excluding hydrogens is 302 g/mol. The van der Waals surface area contributed by atoms with Gasteiger partial charge in [-0.25, -0.2) is 18.2 Å². The van der Waals surface area contributed by atoms with Crippen LogP contribution >= 0.6 is 10.7 Å². The molecule has 0 unspecified atom stereocenters. The Morgan fingerprint density at radius 1 is 1.05 bits per heavy atom. The first-order valence-corrected chi connectivity index (χ1v) is 7.80. The normalized spacial score (nSPS) is 10.8. The Bertz CT molecular complexity index is 702. The standard InChI is InChI=1S/C12H10ClN3O3S/c13-20(18,19)10-6-4-9(5-7-10)15-12(17)16-11-3-1-2-8-14-11/h1-8H,(H2,14,15,16,17). The van der Waals surface area contributed by atoms with Gasteiger partial charge in [-0.05, 0) is 36.4 Å². The van der Waals surface area contributed by atoms with Crippen molar-refractivity contribution in [2.75, 3.05) is 10.6 Å². The second-order valence-electron chi connectivity index (χ2n) is 3.76. The lowest BCUT2D eigenvalue weighted by molar-refractivity contribution is 0.262. The molecule has 104 valence electrons. The number of urea groups is 1. The molecule has 0 bridgehead atoms. The number of benzene rings is 1. The molecule has 1 aromatic heterocycles. The molecule has 0 saturated heterocycles. The van der Waals surface area contributed by atoms with E-state index >= 15 is 0 Å². The average molecular weight is 312 g/mol. The Kier molecular flexibility index (Phi) is 4.21. The second-order valence-corrected chi connectivity index (χ2v) is 6.32. The summed E-state index contributed by atoms with van der Waals surface area (Å²) in [6, 6.07) is 10.1. The van der Waals surface area contributed by atoms with Gasteiger partial charge in [-0.1, -0.05) is 6.07 Å². The van der Waals surface area contributed by atoms with Gasteiger partial charge in [0.1, 0.15) is 5.82 Å². The SMILES string of the molecule is O=C(Nc1ccc(S(=O)(=O)Cl)cc1)Nc1ccccn1. The van der Waals surface area contributed by atoms with Crippen molar-refractivity contribution in [2.24, 2.45) is 0 Å². The molecule has 0 aliphatic heterocycles. The van der Waals surface area contributed by atoms with E-state index in [1.54, 1.807) is 24.4 Å². The Morgan fingerprint density at radius 2 is 1.75 bits per heavy atom. The Morgan fingerprint density at radius 3 is 2.30 bits per heavy atom. The summed E-state index contributed by atoms with van der Waals surface area (Å²) in [7, 11) is 1.43. The van der Waals surface area contributed by atoms with Crippen LogP contribution in [0.1, 0.15) is 0 Å². The molecule has 6 nitrogen and oxygen atoms in total. The molecule has 8 heteroatoms. The molecule has 20 heavy (non-hydrogen) atoms. The van der Waals surface area contributed by atoms with E-state index < -0.39 is 15.1 Å². The Labute approximate surface area is 120 Å². The van der Waals surface area contributed by atoms with Gasteiger partial charge in [0, 0.05) is 22.6 Å². The van der Waals surface area contributed by atoms with E-state index in [0.717, 1.165) is 0 Å². The molecule has 0 spiro atoms. The number of halogens is 1. The fraction of sp³-hybridized carbons (Fsp3) is 0. The molecule has 0 fully saturated rings. The van der Waals surface area contributed by atoms with Crippen LogP contribution in [0.5, 0.6) is 0 Å². The third-order valence-electron chi connectivity index (χ3n) is 2.30. The highest BCUT2D eigenvalue weighted by Crippen LogP contribution is 2.17. The molecule has 2 amide bonds. The molecular formula is C12H10ClN3O3S. The summed E-state index contributed by atoms with van der Waals surface area (Å²) in [5, 5.41) is 5.07. The van der Waals surface area contributed by atoms with E-state index in [0.29, 0.717) is 11.5 Å². The van der Waals surface area contributed by atoms with Gasteiger partial charge in [-0.3, -0.25) is 5.32 Å². The smallest absolute Gasteiger partial charge is 0.308 e. The number of hydrogen-bond acceptors (Lipinski definition) is 4. The van der Waals surface area contributed by atoms with E-state index in [-0.39, 0.29) is 4.90 Å². The minimum atomic E-state index is -3.76. The summed E-state index contributed by atoms with van der Waals surface area (Å²) in [5.74, 6) is 0.407. The highest BCUT2D eigenvalue weighted by atomic mass is 35.7. The van der Waals surface area contributed by atoms with Crippen molar-refractivity contribution >= 4 is 37.3 Å². The van der Waals surface area contributed by atoms with E-state index in [4.69, 9.17) is 10.7 Å². The summed E-state index contributed by atoms with van der Waals surface area (Å²) in [6.45, 7) is 0. The summed E-state index contributed by atoms with van der Waals surface area (Å²) < 4.78 is 22.1. The predicted molar refractivity (Wildman–Crippen MR) is 76.4 cm³/mol. The molecule has 0 aliphatic rings. The van der Waals surface area contributed by atoms with Crippen LogP contribution in [0.3, 0.4) is 0 Å². The summed E-state index contributed by atoms with van der Waals surface area (Å²) >= 11 is 0. The third-order valence-corrected chi connectivity index (χ3v) is 3.67. The van der Waals surface area contributed by atoms with Gasteiger partial charge in [0.2, 0.25) is 0 Å². The number of hydrogen-bond donors (Lipinski definition) is 2. The zero-order valence-electron chi connectivity index (χ0n) is 10.1. The number of aromatic nitrogens is 1. The van der Waals surface area contributed by atoms with Crippen LogP contribution in [0.25, 0.3) is 0 Å². The van der Waals surface area contributed by atoms with E-state index in [2.05, 4.69) is 15.6 Å². The fourth-order valence-electron chi connectivity index (χ4n) is 1.42. The third kappa shape index (κ3) is 3.94. The maximum Gasteiger partial charge on any atom is 0.324 e.